The van der Waals surface area contributed by atoms with Crippen molar-refractivity contribution in [2.45, 2.75) is 6.43 Å². The molecule has 6 heteroatoms. The molecule has 4 nitrogen and oxygen atoms in total. The van der Waals surface area contributed by atoms with Crippen LogP contribution >= 0.6 is 0 Å². The van der Waals surface area contributed by atoms with Gasteiger partial charge in [-0.25, -0.2) is 8.78 Å². The molecule has 13 heavy (non-hydrogen) atoms. The van der Waals surface area contributed by atoms with Crippen LogP contribution in [0.2, 0.25) is 0 Å². The van der Waals surface area contributed by atoms with Crippen LogP contribution in [0.1, 0.15) is 22.5 Å². The third kappa shape index (κ3) is 1.71. The lowest BCUT2D eigenvalue weighted by atomic mass is 10.2. The number of nitrogens with one attached hydrogen (secondary N) is 1. The Morgan fingerprint density at radius 1 is 1.54 bits per heavy atom. The van der Waals surface area contributed by atoms with Crippen molar-refractivity contribution >= 4 is 12.0 Å². The van der Waals surface area contributed by atoms with Crippen LogP contribution in [-0.4, -0.2) is 11.3 Å². The van der Waals surface area contributed by atoms with E-state index in [1.165, 1.54) is 0 Å². The first-order valence-electron chi connectivity index (χ1n) is 3.32. The van der Waals surface area contributed by atoms with Gasteiger partial charge in [0.1, 0.15) is 5.69 Å². The van der Waals surface area contributed by atoms with E-state index < -0.39 is 17.7 Å². The van der Waals surface area contributed by atoms with Crippen LogP contribution < -0.4 is 11.3 Å². The summed E-state index contributed by atoms with van der Waals surface area (Å²) in [7, 11) is 0. The van der Waals surface area contributed by atoms with Crippen molar-refractivity contribution in [2.24, 2.45) is 0 Å². The van der Waals surface area contributed by atoms with Crippen molar-refractivity contribution in [3.05, 3.63) is 27.7 Å². The monoisotopic (exact) mass is 188 g/mol. The van der Waals surface area contributed by atoms with Gasteiger partial charge >= 0.3 is 0 Å². The maximum Gasteiger partial charge on any atom is 0.278 e. The van der Waals surface area contributed by atoms with Crippen LogP contribution in [0.4, 0.5) is 14.5 Å². The normalized spacial score (nSPS) is 10.4. The van der Waals surface area contributed by atoms with Crippen LogP contribution in [-0.2, 0) is 0 Å². The lowest BCUT2D eigenvalue weighted by Crippen LogP contribution is -2.16. The van der Waals surface area contributed by atoms with Crippen molar-refractivity contribution in [3.63, 3.8) is 0 Å². The SMILES string of the molecule is Nc1c(C=O)cc(C(F)F)[nH]c1=O. The molecule has 70 valence electrons. The fraction of sp³-hybridized carbons (Fsp3) is 0.143. The number of halogens is 2. The van der Waals surface area contributed by atoms with Gasteiger partial charge in [-0.05, 0) is 6.07 Å². The van der Waals surface area contributed by atoms with Gasteiger partial charge in [-0.2, -0.15) is 0 Å². The van der Waals surface area contributed by atoms with E-state index in [4.69, 9.17) is 5.73 Å². The maximum atomic E-state index is 12.1. The fourth-order valence-electron chi connectivity index (χ4n) is 0.826. The van der Waals surface area contributed by atoms with Crippen LogP contribution in [0.25, 0.3) is 0 Å². The summed E-state index contributed by atoms with van der Waals surface area (Å²) in [6.45, 7) is 0. The first-order chi connectivity index (χ1) is 6.06. The summed E-state index contributed by atoms with van der Waals surface area (Å²) < 4.78 is 24.1. The number of rotatable bonds is 2. The van der Waals surface area contributed by atoms with Gasteiger partial charge in [0.15, 0.2) is 6.29 Å². The first-order valence-corrected chi connectivity index (χ1v) is 3.32. The molecule has 0 aliphatic heterocycles. The zero-order valence-corrected chi connectivity index (χ0v) is 6.38. The maximum absolute atomic E-state index is 12.1. The highest BCUT2D eigenvalue weighted by Crippen LogP contribution is 2.16. The van der Waals surface area contributed by atoms with Gasteiger partial charge in [0.2, 0.25) is 0 Å². The number of H-pyrrole nitrogens is 1. The Bertz CT molecular complexity index is 387. The van der Waals surface area contributed by atoms with E-state index in [9.17, 15) is 18.4 Å². The van der Waals surface area contributed by atoms with Gasteiger partial charge in [-0.1, -0.05) is 0 Å². The molecule has 0 unspecified atom stereocenters. The van der Waals surface area contributed by atoms with Crippen molar-refractivity contribution < 1.29 is 13.6 Å². The summed E-state index contributed by atoms with van der Waals surface area (Å²) >= 11 is 0. The molecular weight excluding hydrogens is 182 g/mol. The van der Waals surface area contributed by atoms with Crippen LogP contribution in [0.15, 0.2) is 10.9 Å². The number of aromatic amines is 1. The number of alkyl halides is 2. The van der Waals surface area contributed by atoms with Crippen molar-refractivity contribution in [1.29, 1.82) is 0 Å². The minimum atomic E-state index is -2.83. The van der Waals surface area contributed by atoms with E-state index in [0.717, 1.165) is 6.07 Å². The number of nitrogen functional groups attached to an aromatic ring is 1. The molecule has 0 atom stereocenters. The van der Waals surface area contributed by atoms with E-state index in [1.807, 2.05) is 4.98 Å². The zero-order chi connectivity index (χ0) is 10.0. The molecule has 0 saturated carbocycles. The first kappa shape index (κ1) is 9.37. The van der Waals surface area contributed by atoms with Gasteiger partial charge in [-0.15, -0.1) is 0 Å². The van der Waals surface area contributed by atoms with E-state index in [1.54, 1.807) is 0 Å². The number of hydrogen-bond donors (Lipinski definition) is 2. The zero-order valence-electron chi connectivity index (χ0n) is 6.38. The number of carbonyl (C=O) groups is 1. The molecule has 0 saturated heterocycles. The summed E-state index contributed by atoms with van der Waals surface area (Å²) in [6.07, 6.45) is -2.57. The second kappa shape index (κ2) is 3.34. The average molecular weight is 188 g/mol. The number of nitrogens with two attached hydrogens (primary N) is 1. The third-order valence-corrected chi connectivity index (χ3v) is 1.49. The van der Waals surface area contributed by atoms with Gasteiger partial charge in [0, 0.05) is 5.56 Å². The summed E-state index contributed by atoms with van der Waals surface area (Å²) in [4.78, 5) is 23.0. The highest BCUT2D eigenvalue weighted by Gasteiger charge is 2.12. The molecule has 0 fully saturated rings. The van der Waals surface area contributed by atoms with E-state index >= 15 is 0 Å². The van der Waals surface area contributed by atoms with E-state index in [-0.39, 0.29) is 17.5 Å². The minimum absolute atomic E-state index is 0.223. The number of carbonyl (C=O) groups excluding carboxylic acids is 1. The number of pyridine rings is 1. The fourth-order valence-corrected chi connectivity index (χ4v) is 0.826. The molecule has 0 spiro atoms. The van der Waals surface area contributed by atoms with E-state index in [0.29, 0.717) is 0 Å². The quantitative estimate of drug-likeness (QED) is 0.671. The molecule has 1 heterocycles. The standard InChI is InChI=1S/C7H6F2N2O2/c8-6(9)4-1-3(2-12)5(10)7(13)11-4/h1-2,6H,10H2,(H,11,13). The molecule has 0 radical (unpaired) electrons. The van der Waals surface area contributed by atoms with Crippen molar-refractivity contribution in [2.75, 3.05) is 5.73 Å². The summed E-state index contributed by atoms with van der Waals surface area (Å²) in [5, 5.41) is 0. The molecule has 0 aliphatic rings. The molecular formula is C7H6F2N2O2. The molecule has 3 N–H and O–H groups in total. The largest absolute Gasteiger partial charge is 0.394 e. The number of anilines is 1. The third-order valence-electron chi connectivity index (χ3n) is 1.49. The van der Waals surface area contributed by atoms with Gasteiger partial charge in [0.25, 0.3) is 12.0 Å². The molecule has 0 aromatic carbocycles. The highest BCUT2D eigenvalue weighted by atomic mass is 19.3. The predicted octanol–water partition coefficient (Wildman–Crippen LogP) is 0.707. The number of hydrogen-bond acceptors (Lipinski definition) is 3. The van der Waals surface area contributed by atoms with Crippen LogP contribution in [0.5, 0.6) is 0 Å². The van der Waals surface area contributed by atoms with Gasteiger partial charge in [0.05, 0.1) is 5.69 Å². The Labute approximate surface area is 71.4 Å². The Kier molecular flexibility index (Phi) is 2.41. The predicted molar refractivity (Wildman–Crippen MR) is 41.8 cm³/mol. The molecule has 1 rings (SSSR count). The Hall–Kier alpha value is -1.72. The Balaban J connectivity index is 3.39. The van der Waals surface area contributed by atoms with Gasteiger partial charge < -0.3 is 10.7 Å². The molecule has 0 bridgehead atoms. The number of aromatic nitrogens is 1. The molecule has 1 aromatic rings. The number of aldehydes is 1. The van der Waals surface area contributed by atoms with E-state index in [2.05, 4.69) is 0 Å². The molecule has 0 amide bonds. The smallest absolute Gasteiger partial charge is 0.278 e. The van der Waals surface area contributed by atoms with Crippen LogP contribution in [0.3, 0.4) is 0 Å². The van der Waals surface area contributed by atoms with Crippen molar-refractivity contribution in [3.8, 4) is 0 Å². The summed E-state index contributed by atoms with van der Waals surface area (Å²) in [5.41, 5.74) is 3.09. The molecule has 0 aliphatic carbocycles. The topological polar surface area (TPSA) is 76.0 Å². The molecule has 1 aromatic heterocycles. The average Bonchev–Trinajstić information content (AvgIpc) is 2.09. The van der Waals surface area contributed by atoms with Crippen LogP contribution in [0, 0.1) is 0 Å². The second-order valence-electron chi connectivity index (χ2n) is 2.34. The lowest BCUT2D eigenvalue weighted by molar-refractivity contribution is 0.112. The highest BCUT2D eigenvalue weighted by molar-refractivity contribution is 5.82. The summed E-state index contributed by atoms with van der Waals surface area (Å²) in [5.74, 6) is 0. The Morgan fingerprint density at radius 2 is 2.15 bits per heavy atom. The van der Waals surface area contributed by atoms with Gasteiger partial charge in [-0.3, -0.25) is 9.59 Å². The van der Waals surface area contributed by atoms with Crippen molar-refractivity contribution in [1.82, 2.24) is 4.98 Å². The second-order valence-corrected chi connectivity index (χ2v) is 2.34. The summed E-state index contributed by atoms with van der Waals surface area (Å²) in [6, 6.07) is 0.856. The minimum Gasteiger partial charge on any atom is -0.394 e. The lowest BCUT2D eigenvalue weighted by Gasteiger charge is -2.01. The Morgan fingerprint density at radius 3 is 2.62 bits per heavy atom.